The Morgan fingerprint density at radius 1 is 0.333 bits per heavy atom. The summed E-state index contributed by atoms with van der Waals surface area (Å²) in [5.41, 5.74) is 13.5. The van der Waals surface area contributed by atoms with Crippen molar-refractivity contribution in [1.29, 1.82) is 0 Å². The van der Waals surface area contributed by atoms with Crippen molar-refractivity contribution in [2.24, 2.45) is 0 Å². The maximum Gasteiger partial charge on any atom is 0.137 e. The minimum atomic E-state index is 0.879. The molecule has 0 aliphatic heterocycles. The van der Waals surface area contributed by atoms with E-state index in [2.05, 4.69) is 191 Å². The molecule has 0 aliphatic carbocycles. The highest BCUT2D eigenvalue weighted by molar-refractivity contribution is 6.16. The van der Waals surface area contributed by atoms with Crippen LogP contribution in [0.2, 0.25) is 0 Å². The molecule has 11 aromatic rings. The van der Waals surface area contributed by atoms with E-state index in [4.69, 9.17) is 4.42 Å². The second-order valence-corrected chi connectivity index (χ2v) is 13.3. The van der Waals surface area contributed by atoms with Crippen LogP contribution in [0.4, 0.5) is 0 Å². The van der Waals surface area contributed by atoms with Crippen LogP contribution in [0.5, 0.6) is 0 Å². The smallest absolute Gasteiger partial charge is 0.137 e. The minimum absolute atomic E-state index is 0.879. The van der Waals surface area contributed by atoms with Crippen LogP contribution in [0.25, 0.3) is 99.2 Å². The highest BCUT2D eigenvalue weighted by atomic mass is 16.3. The van der Waals surface area contributed by atoms with Gasteiger partial charge in [-0.05, 0) is 82.9 Å². The second kappa shape index (κ2) is 10.8. The molecule has 3 nitrogen and oxygen atoms in total. The first-order valence-electron chi connectivity index (χ1n) is 17.4. The van der Waals surface area contributed by atoms with E-state index in [1.165, 1.54) is 54.8 Å². The Kier molecular flexibility index (Phi) is 5.96. The molecule has 3 heteroatoms. The Labute approximate surface area is 293 Å². The molecular formula is C48H30N2O. The molecule has 51 heavy (non-hydrogen) atoms. The highest BCUT2D eigenvalue weighted by Crippen LogP contribution is 2.42. The molecular weight excluding hydrogens is 621 g/mol. The van der Waals surface area contributed by atoms with E-state index in [0.717, 1.165) is 44.4 Å². The predicted molar refractivity (Wildman–Crippen MR) is 213 cm³/mol. The van der Waals surface area contributed by atoms with Crippen LogP contribution in [0.3, 0.4) is 0 Å². The Morgan fingerprint density at radius 2 is 0.922 bits per heavy atom. The van der Waals surface area contributed by atoms with E-state index in [1.54, 1.807) is 0 Å². The number of para-hydroxylation sites is 3. The number of aromatic nitrogens is 2. The van der Waals surface area contributed by atoms with Gasteiger partial charge in [0.25, 0.3) is 0 Å². The molecule has 0 N–H and O–H groups in total. The van der Waals surface area contributed by atoms with Gasteiger partial charge in [0.15, 0.2) is 0 Å². The first-order chi connectivity index (χ1) is 25.3. The highest BCUT2D eigenvalue weighted by Gasteiger charge is 2.20. The average Bonchev–Trinajstić information content (AvgIpc) is 3.85. The van der Waals surface area contributed by atoms with E-state index >= 15 is 0 Å². The molecule has 0 atom stereocenters. The van der Waals surface area contributed by atoms with Crippen molar-refractivity contribution in [2.75, 3.05) is 0 Å². The topological polar surface area (TPSA) is 23.0 Å². The molecule has 0 fully saturated rings. The third-order valence-electron chi connectivity index (χ3n) is 10.5. The zero-order chi connectivity index (χ0) is 33.5. The molecule has 8 aromatic carbocycles. The summed E-state index contributed by atoms with van der Waals surface area (Å²) in [6.07, 6.45) is 0. The standard InChI is InChI=1S/C48H30N2O/c1-2-13-31(14-3-1)34-15-4-5-16-35(34)32-25-27-39-47(29-32)51-46-24-12-23-45(48(39)46)50-43-22-11-8-19-38(43)40-30-33(26-28-44(40)50)49-41-20-9-6-17-36(41)37-18-7-10-21-42(37)49/h1-30H. The molecule has 0 unspecified atom stereocenters. The number of hydrogen-bond acceptors (Lipinski definition) is 1. The fourth-order valence-corrected chi connectivity index (χ4v) is 8.33. The summed E-state index contributed by atoms with van der Waals surface area (Å²) in [6, 6.07) is 65.3. The van der Waals surface area contributed by atoms with Crippen molar-refractivity contribution in [1.82, 2.24) is 9.13 Å². The Bertz CT molecular complexity index is 3090. The molecule has 3 heterocycles. The lowest BCUT2D eigenvalue weighted by molar-refractivity contribution is 0.669. The van der Waals surface area contributed by atoms with Gasteiger partial charge in [0.2, 0.25) is 0 Å². The van der Waals surface area contributed by atoms with E-state index in [-0.39, 0.29) is 0 Å². The van der Waals surface area contributed by atoms with E-state index < -0.39 is 0 Å². The molecule has 3 aromatic heterocycles. The van der Waals surface area contributed by atoms with Gasteiger partial charge in [0.05, 0.1) is 33.1 Å². The van der Waals surface area contributed by atoms with Crippen LogP contribution in [-0.4, -0.2) is 9.13 Å². The molecule has 0 aliphatic rings. The molecule has 0 spiro atoms. The third kappa shape index (κ3) is 4.12. The lowest BCUT2D eigenvalue weighted by Gasteiger charge is -2.11. The van der Waals surface area contributed by atoms with Crippen molar-refractivity contribution < 1.29 is 4.42 Å². The summed E-state index contributed by atoms with van der Waals surface area (Å²) in [5, 5.41) is 7.19. The summed E-state index contributed by atoms with van der Waals surface area (Å²) in [7, 11) is 0. The fraction of sp³-hybridized carbons (Fsp3) is 0. The molecule has 0 radical (unpaired) electrons. The summed E-state index contributed by atoms with van der Waals surface area (Å²) in [4.78, 5) is 0. The largest absolute Gasteiger partial charge is 0.456 e. The van der Waals surface area contributed by atoms with Crippen LogP contribution in [0, 0.1) is 0 Å². The summed E-state index contributed by atoms with van der Waals surface area (Å²) in [6.45, 7) is 0. The lowest BCUT2D eigenvalue weighted by atomic mass is 9.94. The number of nitrogens with zero attached hydrogens (tertiary/aromatic N) is 2. The summed E-state index contributed by atoms with van der Waals surface area (Å²) < 4.78 is 11.5. The van der Waals surface area contributed by atoms with Crippen LogP contribution in [-0.2, 0) is 0 Å². The van der Waals surface area contributed by atoms with Gasteiger partial charge >= 0.3 is 0 Å². The van der Waals surface area contributed by atoms with Gasteiger partial charge in [-0.15, -0.1) is 0 Å². The van der Waals surface area contributed by atoms with Crippen LogP contribution >= 0.6 is 0 Å². The predicted octanol–water partition coefficient (Wildman–Crippen LogP) is 13.1. The van der Waals surface area contributed by atoms with Crippen LogP contribution in [0.15, 0.2) is 186 Å². The monoisotopic (exact) mass is 650 g/mol. The van der Waals surface area contributed by atoms with Crippen LogP contribution in [0.1, 0.15) is 0 Å². The Morgan fingerprint density at radius 3 is 1.65 bits per heavy atom. The van der Waals surface area contributed by atoms with Gasteiger partial charge in [-0.2, -0.15) is 0 Å². The SMILES string of the molecule is c1ccc(-c2ccccc2-c2ccc3c(c2)oc2cccc(-n4c5ccccc5c5cc(-n6c7ccccc7c7ccccc76)ccc54)c23)cc1. The normalized spacial score (nSPS) is 11.9. The van der Waals surface area contributed by atoms with Gasteiger partial charge in [0.1, 0.15) is 11.2 Å². The molecule has 0 amide bonds. The quantitative estimate of drug-likeness (QED) is 0.186. The fourth-order valence-electron chi connectivity index (χ4n) is 8.33. The van der Waals surface area contributed by atoms with E-state index in [0.29, 0.717) is 0 Å². The molecule has 0 saturated heterocycles. The number of benzene rings is 8. The second-order valence-electron chi connectivity index (χ2n) is 13.3. The molecule has 238 valence electrons. The summed E-state index contributed by atoms with van der Waals surface area (Å²) in [5.74, 6) is 0. The van der Waals surface area contributed by atoms with Crippen molar-refractivity contribution >= 4 is 65.6 Å². The van der Waals surface area contributed by atoms with E-state index in [1.807, 2.05) is 0 Å². The van der Waals surface area contributed by atoms with Crippen molar-refractivity contribution in [3.63, 3.8) is 0 Å². The molecule has 0 bridgehead atoms. The van der Waals surface area contributed by atoms with Gasteiger partial charge in [-0.3, -0.25) is 0 Å². The third-order valence-corrected chi connectivity index (χ3v) is 10.5. The summed E-state index contributed by atoms with van der Waals surface area (Å²) >= 11 is 0. The van der Waals surface area contributed by atoms with Crippen molar-refractivity contribution in [2.45, 2.75) is 0 Å². The maximum atomic E-state index is 6.66. The average molecular weight is 651 g/mol. The number of hydrogen-bond donors (Lipinski definition) is 0. The Balaban J connectivity index is 1.12. The van der Waals surface area contributed by atoms with Gasteiger partial charge in [-0.25, -0.2) is 0 Å². The molecule has 11 rings (SSSR count). The minimum Gasteiger partial charge on any atom is -0.456 e. The van der Waals surface area contributed by atoms with Crippen molar-refractivity contribution in [3.05, 3.63) is 182 Å². The van der Waals surface area contributed by atoms with Crippen molar-refractivity contribution in [3.8, 4) is 33.6 Å². The maximum absolute atomic E-state index is 6.66. The van der Waals surface area contributed by atoms with Gasteiger partial charge in [0, 0.05) is 32.6 Å². The van der Waals surface area contributed by atoms with Gasteiger partial charge in [-0.1, -0.05) is 121 Å². The number of furan rings is 1. The lowest BCUT2D eigenvalue weighted by Crippen LogP contribution is -1.96. The number of fused-ring (bicyclic) bond motifs is 9. The zero-order valence-corrected chi connectivity index (χ0v) is 27.6. The Hall–Kier alpha value is -6.84. The van der Waals surface area contributed by atoms with Gasteiger partial charge < -0.3 is 13.6 Å². The zero-order valence-electron chi connectivity index (χ0n) is 27.6. The number of rotatable bonds is 4. The van der Waals surface area contributed by atoms with Crippen LogP contribution < -0.4 is 0 Å². The van der Waals surface area contributed by atoms with E-state index in [9.17, 15) is 0 Å². The molecule has 0 saturated carbocycles. The first-order valence-corrected chi connectivity index (χ1v) is 17.4. The first kappa shape index (κ1) is 28.0.